The minimum Gasteiger partial charge on any atom is -0.463 e. The summed E-state index contributed by atoms with van der Waals surface area (Å²) >= 11 is 0. The predicted molar refractivity (Wildman–Crippen MR) is 136 cm³/mol. The number of pyridine rings is 2. The summed E-state index contributed by atoms with van der Waals surface area (Å²) in [4.78, 5) is 55.7. The summed E-state index contributed by atoms with van der Waals surface area (Å²) in [5, 5.41) is 3.80. The molecule has 0 unspecified atom stereocenters. The first-order valence-electron chi connectivity index (χ1n) is 11.3. The van der Waals surface area contributed by atoms with Gasteiger partial charge in [-0.25, -0.2) is 4.39 Å². The molecular formula is C27H17FN4O5. The van der Waals surface area contributed by atoms with Crippen LogP contribution in [0.5, 0.6) is 0 Å². The molecule has 6 rings (SSSR count). The average molecular weight is 496 g/mol. The number of hydrogen-bond donors (Lipinski definition) is 2. The normalized spacial score (nSPS) is 11.5. The third kappa shape index (κ3) is 3.33. The van der Waals surface area contributed by atoms with Gasteiger partial charge in [-0.1, -0.05) is 18.2 Å². The van der Waals surface area contributed by atoms with Crippen molar-refractivity contribution >= 4 is 38.7 Å². The largest absolute Gasteiger partial charge is 0.463 e. The van der Waals surface area contributed by atoms with Gasteiger partial charge < -0.3 is 19.0 Å². The first kappa shape index (κ1) is 22.4. The molecular weight excluding hydrogens is 479 g/mol. The smallest absolute Gasteiger partial charge is 0.333 e. The molecule has 0 aliphatic rings. The van der Waals surface area contributed by atoms with E-state index in [2.05, 4.69) is 15.1 Å². The summed E-state index contributed by atoms with van der Waals surface area (Å²) in [5.74, 6) is -1.80. The SMILES string of the molecule is Cc1coc2c1c(F)cc1c2c(-c2ccc[nH]c2=O)c(C(=O)N=O)n1Cc1cc2ccccc2[nH]c1=O. The molecule has 0 aliphatic carbocycles. The molecule has 10 heteroatoms. The van der Waals surface area contributed by atoms with E-state index < -0.39 is 22.8 Å². The lowest BCUT2D eigenvalue weighted by Crippen LogP contribution is -2.18. The zero-order chi connectivity index (χ0) is 25.8. The van der Waals surface area contributed by atoms with E-state index >= 15 is 4.39 Å². The Hall–Kier alpha value is -5.12. The average Bonchev–Trinajstić information content (AvgIpc) is 3.43. The number of amides is 1. The number of rotatable bonds is 4. The first-order chi connectivity index (χ1) is 17.9. The maximum Gasteiger partial charge on any atom is 0.333 e. The molecule has 0 saturated heterocycles. The summed E-state index contributed by atoms with van der Waals surface area (Å²) in [5.41, 5.74) is 0.575. The molecule has 9 nitrogen and oxygen atoms in total. The molecule has 0 aliphatic heterocycles. The fraction of sp³-hybridized carbons (Fsp3) is 0.0741. The van der Waals surface area contributed by atoms with E-state index in [0.29, 0.717) is 11.1 Å². The highest BCUT2D eigenvalue weighted by molar-refractivity contribution is 6.18. The van der Waals surface area contributed by atoms with Crippen LogP contribution < -0.4 is 11.1 Å². The number of para-hydroxylation sites is 1. The number of carbonyl (C=O) groups excluding carboxylic acids is 1. The Morgan fingerprint density at radius 1 is 1.08 bits per heavy atom. The van der Waals surface area contributed by atoms with E-state index in [-0.39, 0.29) is 50.8 Å². The fourth-order valence-corrected chi connectivity index (χ4v) is 4.92. The molecule has 0 fully saturated rings. The van der Waals surface area contributed by atoms with Gasteiger partial charge >= 0.3 is 5.91 Å². The van der Waals surface area contributed by atoms with E-state index in [9.17, 15) is 19.3 Å². The van der Waals surface area contributed by atoms with Crippen LogP contribution in [0.1, 0.15) is 21.6 Å². The Kier molecular flexibility index (Phi) is 4.97. The van der Waals surface area contributed by atoms with Crippen LogP contribution >= 0.6 is 0 Å². The summed E-state index contributed by atoms with van der Waals surface area (Å²) in [6.07, 6.45) is 2.79. The van der Waals surface area contributed by atoms with Crippen LogP contribution in [0.2, 0.25) is 0 Å². The zero-order valence-electron chi connectivity index (χ0n) is 19.3. The Morgan fingerprint density at radius 2 is 1.89 bits per heavy atom. The lowest BCUT2D eigenvalue weighted by Gasteiger charge is -2.10. The van der Waals surface area contributed by atoms with E-state index in [0.717, 1.165) is 5.39 Å². The van der Waals surface area contributed by atoms with E-state index in [1.54, 1.807) is 31.2 Å². The molecule has 4 aromatic heterocycles. The topological polar surface area (TPSA) is 130 Å². The van der Waals surface area contributed by atoms with Crippen LogP contribution in [-0.2, 0) is 6.54 Å². The number of fused-ring (bicyclic) bond motifs is 4. The van der Waals surface area contributed by atoms with Gasteiger partial charge in [0.1, 0.15) is 17.1 Å². The van der Waals surface area contributed by atoms with Gasteiger partial charge in [0.05, 0.1) is 34.7 Å². The van der Waals surface area contributed by atoms with Gasteiger partial charge in [0.2, 0.25) is 0 Å². The zero-order valence-corrected chi connectivity index (χ0v) is 19.3. The molecule has 2 aromatic carbocycles. The van der Waals surface area contributed by atoms with Gasteiger partial charge in [-0.15, -0.1) is 4.91 Å². The van der Waals surface area contributed by atoms with Gasteiger partial charge in [-0.05, 0) is 48.2 Å². The second-order valence-corrected chi connectivity index (χ2v) is 8.71. The van der Waals surface area contributed by atoms with E-state index in [1.165, 1.54) is 29.2 Å². The van der Waals surface area contributed by atoms with Gasteiger partial charge in [0.15, 0.2) is 0 Å². The molecule has 6 aromatic rings. The maximum absolute atomic E-state index is 15.3. The van der Waals surface area contributed by atoms with Crippen molar-refractivity contribution in [2.24, 2.45) is 5.18 Å². The van der Waals surface area contributed by atoms with Crippen molar-refractivity contribution in [3.05, 3.63) is 109 Å². The van der Waals surface area contributed by atoms with Gasteiger partial charge in [-0.2, -0.15) is 0 Å². The minimum atomic E-state index is -1.18. The standard InChI is InChI=1S/C27H17FN4O5/c1-13-12-37-24-20(13)17(28)10-19-22(24)21(16-6-4-8-29-26(16)34)23(27(35)31-36)32(19)11-15-9-14-5-2-3-7-18(14)30-25(15)33/h2-10,12H,11H2,1H3,(H,29,34)(H,30,33). The summed E-state index contributed by atoms with van der Waals surface area (Å²) in [6, 6.07) is 13.1. The second-order valence-electron chi connectivity index (χ2n) is 8.71. The molecule has 0 atom stereocenters. The number of furan rings is 1. The van der Waals surface area contributed by atoms with Crippen LogP contribution in [0.3, 0.4) is 0 Å². The number of hydrogen-bond acceptors (Lipinski definition) is 5. The highest BCUT2D eigenvalue weighted by Gasteiger charge is 2.30. The number of H-pyrrole nitrogens is 2. The molecule has 1 amide bonds. The summed E-state index contributed by atoms with van der Waals surface area (Å²) in [7, 11) is 0. The first-order valence-corrected chi connectivity index (χ1v) is 11.3. The van der Waals surface area contributed by atoms with Crippen LogP contribution in [0.15, 0.2) is 80.2 Å². The Balaban J connectivity index is 1.77. The van der Waals surface area contributed by atoms with Crippen molar-refractivity contribution in [1.82, 2.24) is 14.5 Å². The quantitative estimate of drug-likeness (QED) is 0.332. The van der Waals surface area contributed by atoms with Crippen LogP contribution in [-0.4, -0.2) is 20.4 Å². The number of nitrogens with one attached hydrogen (secondary N) is 2. The third-order valence-corrected chi connectivity index (χ3v) is 6.54. The minimum absolute atomic E-state index is 0.0626. The molecule has 0 radical (unpaired) electrons. The summed E-state index contributed by atoms with van der Waals surface area (Å²) < 4.78 is 22.4. The highest BCUT2D eigenvalue weighted by Crippen LogP contribution is 2.41. The lowest BCUT2D eigenvalue weighted by molar-refractivity contribution is 0.0993. The van der Waals surface area contributed by atoms with Gasteiger partial charge in [-0.3, -0.25) is 14.4 Å². The Morgan fingerprint density at radius 3 is 2.68 bits per heavy atom. The van der Waals surface area contributed by atoms with Crippen molar-refractivity contribution < 1.29 is 13.6 Å². The van der Waals surface area contributed by atoms with Gasteiger partial charge in [0, 0.05) is 28.0 Å². The number of benzene rings is 2. The number of halogens is 1. The van der Waals surface area contributed by atoms with E-state index in [4.69, 9.17) is 4.42 Å². The third-order valence-electron chi connectivity index (χ3n) is 6.54. The van der Waals surface area contributed by atoms with Crippen molar-refractivity contribution in [3.8, 4) is 11.1 Å². The second kappa shape index (κ2) is 8.23. The Bertz CT molecular complexity index is 2030. The molecule has 0 spiro atoms. The molecule has 182 valence electrons. The van der Waals surface area contributed by atoms with Crippen molar-refractivity contribution in [3.63, 3.8) is 0 Å². The highest BCUT2D eigenvalue weighted by atomic mass is 19.1. The molecule has 0 saturated carbocycles. The number of carbonyl (C=O) groups is 1. The maximum atomic E-state index is 15.3. The molecule has 2 N–H and O–H groups in total. The number of aromatic nitrogens is 3. The predicted octanol–water partition coefficient (Wildman–Crippen LogP) is 4.99. The number of nitrogens with zero attached hydrogens (tertiary/aromatic N) is 2. The number of aromatic amines is 2. The number of aryl methyl sites for hydroxylation is 1. The van der Waals surface area contributed by atoms with E-state index in [1.807, 2.05) is 12.1 Å². The monoisotopic (exact) mass is 496 g/mol. The van der Waals surface area contributed by atoms with Crippen molar-refractivity contribution in [2.45, 2.75) is 13.5 Å². The van der Waals surface area contributed by atoms with Crippen molar-refractivity contribution in [2.75, 3.05) is 0 Å². The van der Waals surface area contributed by atoms with Crippen LogP contribution in [0.25, 0.3) is 43.9 Å². The van der Waals surface area contributed by atoms with Gasteiger partial charge in [0.25, 0.3) is 11.1 Å². The van der Waals surface area contributed by atoms with Crippen LogP contribution in [0, 0.1) is 17.6 Å². The Labute approximate surface area is 206 Å². The lowest BCUT2D eigenvalue weighted by atomic mass is 10.0. The fourth-order valence-electron chi connectivity index (χ4n) is 4.92. The van der Waals surface area contributed by atoms with Crippen LogP contribution in [0.4, 0.5) is 4.39 Å². The molecule has 4 heterocycles. The molecule has 0 bridgehead atoms. The number of nitroso groups, excluding NO2 is 1. The summed E-state index contributed by atoms with van der Waals surface area (Å²) in [6.45, 7) is 1.46. The molecule has 37 heavy (non-hydrogen) atoms. The van der Waals surface area contributed by atoms with Crippen molar-refractivity contribution in [1.29, 1.82) is 0 Å².